The molecule has 1 unspecified atom stereocenters. The van der Waals surface area contributed by atoms with Gasteiger partial charge in [0, 0.05) is 18.8 Å². The molecule has 1 saturated heterocycles. The molecule has 1 fully saturated rings. The number of nitrogens with zero attached hydrogens (tertiary/aromatic N) is 1. The summed E-state index contributed by atoms with van der Waals surface area (Å²) in [5, 5.41) is 2.75. The van der Waals surface area contributed by atoms with Gasteiger partial charge in [-0.25, -0.2) is 8.42 Å². The second-order valence-corrected chi connectivity index (χ2v) is 10.1. The Morgan fingerprint density at radius 2 is 1.77 bits per heavy atom. The number of amides is 1. The van der Waals surface area contributed by atoms with Crippen LogP contribution < -0.4 is 5.32 Å². The molecule has 1 amide bonds. The fourth-order valence-electron chi connectivity index (χ4n) is 2.87. The van der Waals surface area contributed by atoms with E-state index in [9.17, 15) is 13.2 Å². The number of sulfonamides is 1. The van der Waals surface area contributed by atoms with Crippen LogP contribution in [0.3, 0.4) is 0 Å². The lowest BCUT2D eigenvalue weighted by atomic mass is 10.2. The van der Waals surface area contributed by atoms with Crippen LogP contribution in [0.2, 0.25) is 0 Å². The van der Waals surface area contributed by atoms with Crippen LogP contribution in [-0.4, -0.2) is 42.7 Å². The van der Waals surface area contributed by atoms with E-state index in [0.29, 0.717) is 23.7 Å². The fourth-order valence-corrected chi connectivity index (χ4v) is 5.40. The van der Waals surface area contributed by atoms with Crippen molar-refractivity contribution in [2.24, 2.45) is 0 Å². The molecule has 7 heteroatoms. The van der Waals surface area contributed by atoms with Gasteiger partial charge in [0.25, 0.3) is 0 Å². The van der Waals surface area contributed by atoms with Crippen molar-refractivity contribution in [3.63, 3.8) is 0 Å². The maximum Gasteiger partial charge on any atom is 0.243 e. The number of nitrogens with one attached hydrogen (secondary N) is 1. The first-order valence-electron chi connectivity index (χ1n) is 9.48. The van der Waals surface area contributed by atoms with Crippen molar-refractivity contribution < 1.29 is 13.2 Å². The summed E-state index contributed by atoms with van der Waals surface area (Å²) in [7, 11) is -3.45. The van der Waals surface area contributed by atoms with E-state index >= 15 is 0 Å². The van der Waals surface area contributed by atoms with Crippen LogP contribution in [0.25, 0.3) is 0 Å². The zero-order valence-electron chi connectivity index (χ0n) is 15.7. The Hall–Kier alpha value is -1.05. The van der Waals surface area contributed by atoms with Gasteiger partial charge in [0.05, 0.1) is 10.1 Å². The van der Waals surface area contributed by atoms with Crippen molar-refractivity contribution in [3.8, 4) is 0 Å². The first-order valence-corrected chi connectivity index (χ1v) is 12.0. The lowest BCUT2D eigenvalue weighted by molar-refractivity contribution is -0.115. The molecular weight excluding hydrogens is 368 g/mol. The highest BCUT2D eigenvalue weighted by molar-refractivity contribution is 8.00. The van der Waals surface area contributed by atoms with Gasteiger partial charge in [-0.05, 0) is 56.2 Å². The molecule has 1 N–H and O–H groups in total. The van der Waals surface area contributed by atoms with E-state index in [-0.39, 0.29) is 11.2 Å². The normalized spacial score (nSPS) is 17.5. The number of hydrogen-bond donors (Lipinski definition) is 1. The molecule has 5 nitrogen and oxygen atoms in total. The van der Waals surface area contributed by atoms with Gasteiger partial charge in [0.15, 0.2) is 0 Å². The minimum absolute atomic E-state index is 0.0470. The van der Waals surface area contributed by atoms with Crippen LogP contribution in [0.5, 0.6) is 0 Å². The van der Waals surface area contributed by atoms with E-state index in [2.05, 4.69) is 12.2 Å². The lowest BCUT2D eigenvalue weighted by Gasteiger charge is -2.20. The van der Waals surface area contributed by atoms with E-state index in [1.807, 2.05) is 6.92 Å². The van der Waals surface area contributed by atoms with Crippen LogP contribution in [0.15, 0.2) is 29.2 Å². The highest BCUT2D eigenvalue weighted by Crippen LogP contribution is 2.22. The fraction of sp³-hybridized carbons (Fsp3) is 0.632. The largest absolute Gasteiger partial charge is 0.325 e. The Morgan fingerprint density at radius 3 is 2.35 bits per heavy atom. The summed E-state index contributed by atoms with van der Waals surface area (Å²) >= 11 is 1.64. The van der Waals surface area contributed by atoms with Gasteiger partial charge < -0.3 is 5.32 Å². The van der Waals surface area contributed by atoms with Crippen LogP contribution in [0.4, 0.5) is 5.69 Å². The molecule has 0 spiro atoms. The van der Waals surface area contributed by atoms with Gasteiger partial charge in [0.1, 0.15) is 0 Å². The van der Waals surface area contributed by atoms with Gasteiger partial charge in [0.2, 0.25) is 15.9 Å². The third-order valence-electron chi connectivity index (χ3n) is 4.56. The molecule has 1 atom stereocenters. The quantitative estimate of drug-likeness (QED) is 0.669. The zero-order chi connectivity index (χ0) is 19.0. The van der Waals surface area contributed by atoms with Gasteiger partial charge in [-0.2, -0.15) is 4.31 Å². The van der Waals surface area contributed by atoms with Crippen molar-refractivity contribution in [1.29, 1.82) is 0 Å². The number of thioether (sulfide) groups is 1. The predicted molar refractivity (Wildman–Crippen MR) is 109 cm³/mol. The summed E-state index contributed by atoms with van der Waals surface area (Å²) in [6.07, 6.45) is 6.23. The van der Waals surface area contributed by atoms with E-state index < -0.39 is 10.0 Å². The van der Waals surface area contributed by atoms with E-state index in [0.717, 1.165) is 44.3 Å². The monoisotopic (exact) mass is 398 g/mol. The van der Waals surface area contributed by atoms with E-state index in [1.54, 1.807) is 40.3 Å². The summed E-state index contributed by atoms with van der Waals surface area (Å²) in [4.78, 5) is 12.5. The van der Waals surface area contributed by atoms with Gasteiger partial charge in [-0.15, -0.1) is 11.8 Å². The topological polar surface area (TPSA) is 66.5 Å². The minimum Gasteiger partial charge on any atom is -0.325 e. The van der Waals surface area contributed by atoms with Gasteiger partial charge in [-0.1, -0.05) is 26.2 Å². The molecule has 26 heavy (non-hydrogen) atoms. The van der Waals surface area contributed by atoms with Crippen molar-refractivity contribution in [1.82, 2.24) is 4.31 Å². The summed E-state index contributed by atoms with van der Waals surface area (Å²) in [6, 6.07) is 6.52. The van der Waals surface area contributed by atoms with Crippen molar-refractivity contribution in [2.45, 2.75) is 62.5 Å². The SMILES string of the molecule is CCCCSC(C)C(=O)Nc1ccc(S(=O)(=O)N2CCCCCC2)cc1. The first-order chi connectivity index (χ1) is 12.4. The smallest absolute Gasteiger partial charge is 0.243 e. The molecule has 0 saturated carbocycles. The molecule has 0 aromatic heterocycles. The molecule has 1 aliphatic heterocycles. The molecule has 1 aromatic rings. The first kappa shape index (κ1) is 21.3. The van der Waals surface area contributed by atoms with Gasteiger partial charge in [-0.3, -0.25) is 4.79 Å². The summed E-state index contributed by atoms with van der Waals surface area (Å²) in [5.41, 5.74) is 0.632. The third-order valence-corrected chi connectivity index (χ3v) is 7.71. The number of carbonyl (C=O) groups is 1. The summed E-state index contributed by atoms with van der Waals surface area (Å²) in [5.74, 6) is 0.923. The molecular formula is C19H30N2O3S2. The Balaban J connectivity index is 1.97. The molecule has 146 valence electrons. The molecule has 0 bridgehead atoms. The predicted octanol–water partition coefficient (Wildman–Crippen LogP) is 4.11. The van der Waals surface area contributed by atoms with Crippen LogP contribution in [0, 0.1) is 0 Å². The Morgan fingerprint density at radius 1 is 1.15 bits per heavy atom. The average molecular weight is 399 g/mol. The number of unbranched alkanes of at least 4 members (excludes halogenated alkanes) is 1. The second kappa shape index (κ2) is 10.3. The van der Waals surface area contributed by atoms with E-state index in [1.165, 1.54) is 0 Å². The van der Waals surface area contributed by atoms with Crippen molar-refractivity contribution in [2.75, 3.05) is 24.2 Å². The second-order valence-electron chi connectivity index (χ2n) is 6.70. The van der Waals surface area contributed by atoms with Crippen molar-refractivity contribution >= 4 is 33.4 Å². The summed E-state index contributed by atoms with van der Waals surface area (Å²) in [6.45, 7) is 5.21. The third kappa shape index (κ3) is 5.99. The molecule has 1 aromatic carbocycles. The van der Waals surface area contributed by atoms with Crippen LogP contribution in [-0.2, 0) is 14.8 Å². The number of benzene rings is 1. The summed E-state index contributed by atoms with van der Waals surface area (Å²) < 4.78 is 27.1. The zero-order valence-corrected chi connectivity index (χ0v) is 17.4. The Kier molecular flexibility index (Phi) is 8.44. The Bertz CT molecular complexity index is 667. The maximum atomic E-state index is 12.8. The highest BCUT2D eigenvalue weighted by Gasteiger charge is 2.25. The molecule has 1 aliphatic rings. The molecule has 0 aliphatic carbocycles. The number of carbonyl (C=O) groups excluding carboxylic acids is 1. The van der Waals surface area contributed by atoms with Crippen LogP contribution >= 0.6 is 11.8 Å². The van der Waals surface area contributed by atoms with Crippen LogP contribution in [0.1, 0.15) is 52.4 Å². The molecule has 0 radical (unpaired) electrons. The standard InChI is InChI=1S/C19H30N2O3S2/c1-3-4-15-25-16(2)19(22)20-17-9-11-18(12-10-17)26(23,24)21-13-7-5-6-8-14-21/h9-12,16H,3-8,13-15H2,1-2H3,(H,20,22). The van der Waals surface area contributed by atoms with E-state index in [4.69, 9.17) is 0 Å². The lowest BCUT2D eigenvalue weighted by Crippen LogP contribution is -2.31. The number of rotatable bonds is 8. The average Bonchev–Trinajstić information content (AvgIpc) is 2.92. The number of hydrogen-bond acceptors (Lipinski definition) is 4. The number of anilines is 1. The van der Waals surface area contributed by atoms with Crippen molar-refractivity contribution in [3.05, 3.63) is 24.3 Å². The molecule has 1 heterocycles. The molecule has 2 rings (SSSR count). The highest BCUT2D eigenvalue weighted by atomic mass is 32.2. The maximum absolute atomic E-state index is 12.8. The van der Waals surface area contributed by atoms with Gasteiger partial charge >= 0.3 is 0 Å². The Labute approximate surface area is 162 Å². The minimum atomic E-state index is -3.45.